The molecule has 106 valence electrons. The second kappa shape index (κ2) is 6.40. The van der Waals surface area contributed by atoms with E-state index in [9.17, 15) is 5.11 Å². The summed E-state index contributed by atoms with van der Waals surface area (Å²) >= 11 is 0. The van der Waals surface area contributed by atoms with Gasteiger partial charge in [0.25, 0.3) is 0 Å². The quantitative estimate of drug-likeness (QED) is 0.885. The van der Waals surface area contributed by atoms with Gasteiger partial charge in [0.1, 0.15) is 18.5 Å². The average molecular weight is 263 g/mol. The number of aliphatic hydroxyl groups is 1. The van der Waals surface area contributed by atoms with Crippen LogP contribution >= 0.6 is 0 Å². The predicted octanol–water partition coefficient (Wildman–Crippen LogP) is 2.45. The smallest absolute Gasteiger partial charge is 0.125 e. The molecule has 0 aromatic heterocycles. The summed E-state index contributed by atoms with van der Waals surface area (Å²) in [7, 11) is 0. The van der Waals surface area contributed by atoms with Gasteiger partial charge in [-0.25, -0.2) is 0 Å². The Morgan fingerprint density at radius 2 is 1.74 bits per heavy atom. The van der Waals surface area contributed by atoms with E-state index in [-0.39, 0.29) is 0 Å². The number of hydrogen-bond acceptors (Lipinski definition) is 3. The maximum absolute atomic E-state index is 10.0. The van der Waals surface area contributed by atoms with Crippen molar-refractivity contribution in [3.8, 4) is 5.75 Å². The Bertz CT molecular complexity index is 402. The molecule has 0 bridgehead atoms. The van der Waals surface area contributed by atoms with Crippen LogP contribution in [-0.2, 0) is 0 Å². The van der Waals surface area contributed by atoms with Crippen molar-refractivity contribution >= 4 is 0 Å². The molecule has 1 fully saturated rings. The summed E-state index contributed by atoms with van der Waals surface area (Å²) in [4.78, 5) is 2.31. The van der Waals surface area contributed by atoms with E-state index in [1.54, 1.807) is 0 Å². The van der Waals surface area contributed by atoms with E-state index in [0.29, 0.717) is 6.61 Å². The highest BCUT2D eigenvalue weighted by Gasteiger charge is 2.16. The fourth-order valence-electron chi connectivity index (χ4n) is 2.89. The van der Waals surface area contributed by atoms with Crippen LogP contribution in [0.4, 0.5) is 0 Å². The van der Waals surface area contributed by atoms with Crippen LogP contribution in [0.2, 0.25) is 0 Å². The molecular formula is C16H25NO2. The summed E-state index contributed by atoms with van der Waals surface area (Å²) in [5.74, 6) is 0.922. The highest BCUT2D eigenvalue weighted by Crippen LogP contribution is 2.24. The number of nitrogens with zero attached hydrogens (tertiary/aromatic N) is 1. The minimum Gasteiger partial charge on any atom is -0.490 e. The number of β-amino-alcohol motifs (C(OH)–C–C–N with tert-alkyl or cyclic N) is 1. The number of likely N-dealkylation sites (tertiary alicyclic amines) is 1. The van der Waals surface area contributed by atoms with Gasteiger partial charge in [0, 0.05) is 6.54 Å². The van der Waals surface area contributed by atoms with Crippen molar-refractivity contribution in [3.05, 3.63) is 28.8 Å². The Hall–Kier alpha value is -1.06. The van der Waals surface area contributed by atoms with Crippen molar-refractivity contribution in [3.63, 3.8) is 0 Å². The van der Waals surface area contributed by atoms with Gasteiger partial charge in [-0.15, -0.1) is 0 Å². The zero-order valence-corrected chi connectivity index (χ0v) is 12.3. The molecular weight excluding hydrogens is 238 g/mol. The first-order valence-electron chi connectivity index (χ1n) is 7.17. The number of rotatable bonds is 5. The molecule has 0 spiro atoms. The molecule has 0 amide bonds. The van der Waals surface area contributed by atoms with Crippen LogP contribution in [0, 0.1) is 20.8 Å². The highest BCUT2D eigenvalue weighted by molar-refractivity contribution is 5.42. The Morgan fingerprint density at radius 1 is 1.16 bits per heavy atom. The molecule has 1 aromatic rings. The zero-order valence-electron chi connectivity index (χ0n) is 12.3. The van der Waals surface area contributed by atoms with Gasteiger partial charge < -0.3 is 14.7 Å². The lowest BCUT2D eigenvalue weighted by atomic mass is 10.1. The maximum Gasteiger partial charge on any atom is 0.125 e. The Morgan fingerprint density at radius 3 is 2.32 bits per heavy atom. The normalized spacial score (nSPS) is 17.7. The summed E-state index contributed by atoms with van der Waals surface area (Å²) in [6, 6.07) is 4.24. The van der Waals surface area contributed by atoms with Crippen molar-refractivity contribution in [2.75, 3.05) is 26.2 Å². The first kappa shape index (κ1) is 14.4. The van der Waals surface area contributed by atoms with E-state index in [1.807, 2.05) is 0 Å². The van der Waals surface area contributed by atoms with Crippen molar-refractivity contribution in [2.45, 2.75) is 39.7 Å². The largest absolute Gasteiger partial charge is 0.490 e. The molecule has 1 saturated heterocycles. The standard InChI is InChI=1S/C16H25NO2/c1-12-8-13(2)16(14(3)9-12)19-11-15(18)10-17-6-4-5-7-17/h8-9,15,18H,4-7,10-11H2,1-3H3/t15-/m1/s1. The molecule has 1 heterocycles. The summed E-state index contributed by atoms with van der Waals surface area (Å²) in [5, 5.41) is 10.0. The molecule has 1 aliphatic heterocycles. The number of aryl methyl sites for hydroxylation is 3. The molecule has 1 atom stereocenters. The first-order valence-corrected chi connectivity index (χ1v) is 7.17. The van der Waals surface area contributed by atoms with Crippen LogP contribution in [0.25, 0.3) is 0 Å². The monoisotopic (exact) mass is 263 g/mol. The van der Waals surface area contributed by atoms with Crippen LogP contribution in [-0.4, -0.2) is 42.4 Å². The van der Waals surface area contributed by atoms with E-state index < -0.39 is 6.10 Å². The van der Waals surface area contributed by atoms with Crippen molar-refractivity contribution in [2.24, 2.45) is 0 Å². The van der Waals surface area contributed by atoms with E-state index in [4.69, 9.17) is 4.74 Å². The SMILES string of the molecule is Cc1cc(C)c(OC[C@H](O)CN2CCCC2)c(C)c1. The number of aliphatic hydroxyl groups excluding tert-OH is 1. The van der Waals surface area contributed by atoms with Crippen LogP contribution in [0.3, 0.4) is 0 Å². The van der Waals surface area contributed by atoms with Gasteiger partial charge in [-0.2, -0.15) is 0 Å². The van der Waals surface area contributed by atoms with Crippen LogP contribution in [0.1, 0.15) is 29.5 Å². The lowest BCUT2D eigenvalue weighted by Gasteiger charge is -2.20. The molecule has 1 aromatic carbocycles. The van der Waals surface area contributed by atoms with Gasteiger partial charge in [-0.3, -0.25) is 0 Å². The van der Waals surface area contributed by atoms with Crippen LogP contribution in [0.5, 0.6) is 5.75 Å². The molecule has 0 saturated carbocycles. The maximum atomic E-state index is 10.0. The second-order valence-electron chi connectivity index (χ2n) is 5.70. The average Bonchev–Trinajstić information content (AvgIpc) is 2.80. The number of benzene rings is 1. The molecule has 3 nitrogen and oxygen atoms in total. The van der Waals surface area contributed by atoms with E-state index in [1.165, 1.54) is 18.4 Å². The first-order chi connectivity index (χ1) is 9.06. The second-order valence-corrected chi connectivity index (χ2v) is 5.70. The topological polar surface area (TPSA) is 32.7 Å². The lowest BCUT2D eigenvalue weighted by molar-refractivity contribution is 0.0753. The Kier molecular flexibility index (Phi) is 4.83. The summed E-state index contributed by atoms with van der Waals surface area (Å²) in [5.41, 5.74) is 3.54. The molecule has 1 aliphatic rings. The zero-order chi connectivity index (χ0) is 13.8. The van der Waals surface area contributed by atoms with Crippen molar-refractivity contribution in [1.29, 1.82) is 0 Å². The lowest BCUT2D eigenvalue weighted by Crippen LogP contribution is -2.33. The Labute approximate surface area is 116 Å². The molecule has 0 unspecified atom stereocenters. The van der Waals surface area contributed by atoms with E-state index in [2.05, 4.69) is 37.8 Å². The van der Waals surface area contributed by atoms with Crippen LogP contribution in [0.15, 0.2) is 12.1 Å². The summed E-state index contributed by atoms with van der Waals surface area (Å²) in [6.45, 7) is 9.53. The predicted molar refractivity (Wildman–Crippen MR) is 77.8 cm³/mol. The van der Waals surface area contributed by atoms with Gasteiger partial charge in [0.2, 0.25) is 0 Å². The highest BCUT2D eigenvalue weighted by atomic mass is 16.5. The van der Waals surface area contributed by atoms with Gasteiger partial charge in [0.15, 0.2) is 0 Å². The molecule has 1 N–H and O–H groups in total. The van der Waals surface area contributed by atoms with Gasteiger partial charge >= 0.3 is 0 Å². The summed E-state index contributed by atoms with van der Waals surface area (Å²) in [6.07, 6.45) is 2.10. The third kappa shape index (κ3) is 3.95. The van der Waals surface area contributed by atoms with Gasteiger partial charge in [-0.05, 0) is 57.8 Å². The fourth-order valence-corrected chi connectivity index (χ4v) is 2.89. The number of ether oxygens (including phenoxy) is 1. The summed E-state index contributed by atoms with van der Waals surface area (Å²) < 4.78 is 5.82. The molecule has 0 aliphatic carbocycles. The molecule has 19 heavy (non-hydrogen) atoms. The van der Waals surface area contributed by atoms with Gasteiger partial charge in [-0.1, -0.05) is 17.7 Å². The van der Waals surface area contributed by atoms with Crippen LogP contribution < -0.4 is 4.74 Å². The van der Waals surface area contributed by atoms with E-state index in [0.717, 1.165) is 36.5 Å². The third-order valence-corrected chi connectivity index (χ3v) is 3.69. The molecule has 0 radical (unpaired) electrons. The third-order valence-electron chi connectivity index (χ3n) is 3.69. The molecule has 3 heteroatoms. The number of hydrogen-bond donors (Lipinski definition) is 1. The van der Waals surface area contributed by atoms with E-state index >= 15 is 0 Å². The van der Waals surface area contributed by atoms with Crippen molar-refractivity contribution < 1.29 is 9.84 Å². The minimum atomic E-state index is -0.404. The minimum absolute atomic E-state index is 0.376. The Balaban J connectivity index is 1.87. The van der Waals surface area contributed by atoms with Gasteiger partial charge in [0.05, 0.1) is 0 Å². The molecule has 2 rings (SSSR count). The van der Waals surface area contributed by atoms with Crippen molar-refractivity contribution in [1.82, 2.24) is 4.90 Å². The fraction of sp³-hybridized carbons (Fsp3) is 0.625.